The van der Waals surface area contributed by atoms with E-state index in [1.165, 1.54) is 4.90 Å². The van der Waals surface area contributed by atoms with Gasteiger partial charge in [0.1, 0.15) is 0 Å². The first-order valence-electron chi connectivity index (χ1n) is 4.01. The van der Waals surface area contributed by atoms with E-state index >= 15 is 0 Å². The molecule has 13 heavy (non-hydrogen) atoms. The van der Waals surface area contributed by atoms with Gasteiger partial charge in [0.05, 0.1) is 11.3 Å². The number of anilines is 1. The zero-order valence-corrected chi connectivity index (χ0v) is 7.19. The standard InChI is InChI=1S/C9H10N2O2/c1-11-8(12)6-4-2-3-5-7(6)10-9(11)13/h2-5,9-10,13H,1H3. The maximum atomic E-state index is 11.6. The maximum Gasteiger partial charge on any atom is 0.259 e. The fraction of sp³-hybridized carbons (Fsp3) is 0.222. The van der Waals surface area contributed by atoms with Crippen LogP contribution >= 0.6 is 0 Å². The number of nitrogens with zero attached hydrogens (tertiary/aromatic N) is 1. The summed E-state index contributed by atoms with van der Waals surface area (Å²) in [5.74, 6) is -0.165. The summed E-state index contributed by atoms with van der Waals surface area (Å²) in [4.78, 5) is 12.8. The first-order valence-corrected chi connectivity index (χ1v) is 4.01. The third kappa shape index (κ3) is 1.15. The van der Waals surface area contributed by atoms with Crippen LogP contribution in [0.1, 0.15) is 10.4 Å². The number of benzene rings is 1. The molecule has 0 fully saturated rings. The lowest BCUT2D eigenvalue weighted by Gasteiger charge is -2.31. The number of hydrogen-bond donors (Lipinski definition) is 2. The SMILES string of the molecule is CN1C(=O)c2ccccc2NC1O. The molecule has 1 amide bonds. The van der Waals surface area contributed by atoms with Crippen LogP contribution in [0.15, 0.2) is 24.3 Å². The highest BCUT2D eigenvalue weighted by Gasteiger charge is 2.26. The summed E-state index contributed by atoms with van der Waals surface area (Å²) in [5, 5.41) is 12.2. The van der Waals surface area contributed by atoms with Gasteiger partial charge in [0, 0.05) is 7.05 Å². The van der Waals surface area contributed by atoms with Crippen LogP contribution in [0.4, 0.5) is 5.69 Å². The summed E-state index contributed by atoms with van der Waals surface area (Å²) < 4.78 is 0. The van der Waals surface area contributed by atoms with E-state index in [4.69, 9.17) is 0 Å². The van der Waals surface area contributed by atoms with Crippen LogP contribution in [-0.4, -0.2) is 29.3 Å². The van der Waals surface area contributed by atoms with Gasteiger partial charge in [0.25, 0.3) is 5.91 Å². The Hall–Kier alpha value is -1.55. The zero-order chi connectivity index (χ0) is 9.42. The average Bonchev–Trinajstić information content (AvgIpc) is 2.15. The second-order valence-corrected chi connectivity index (χ2v) is 2.98. The minimum absolute atomic E-state index is 0.165. The zero-order valence-electron chi connectivity index (χ0n) is 7.19. The number of nitrogens with one attached hydrogen (secondary N) is 1. The van der Waals surface area contributed by atoms with Crippen LogP contribution in [-0.2, 0) is 0 Å². The van der Waals surface area contributed by atoms with E-state index in [1.54, 1.807) is 25.2 Å². The van der Waals surface area contributed by atoms with E-state index in [2.05, 4.69) is 5.32 Å². The van der Waals surface area contributed by atoms with Crippen molar-refractivity contribution in [3.63, 3.8) is 0 Å². The van der Waals surface area contributed by atoms with Crippen LogP contribution in [0.3, 0.4) is 0 Å². The third-order valence-corrected chi connectivity index (χ3v) is 2.13. The van der Waals surface area contributed by atoms with Crippen LogP contribution in [0.25, 0.3) is 0 Å². The monoisotopic (exact) mass is 178 g/mol. The quantitative estimate of drug-likeness (QED) is 0.606. The van der Waals surface area contributed by atoms with Crippen molar-refractivity contribution in [2.75, 3.05) is 12.4 Å². The lowest BCUT2D eigenvalue weighted by Crippen LogP contribution is -2.46. The number of para-hydroxylation sites is 1. The summed E-state index contributed by atoms with van der Waals surface area (Å²) >= 11 is 0. The number of fused-ring (bicyclic) bond motifs is 1. The Bertz CT molecular complexity index is 351. The molecule has 1 aliphatic rings. The normalized spacial score (nSPS) is 20.9. The topological polar surface area (TPSA) is 52.6 Å². The predicted octanol–water partition coefficient (Wildman–Crippen LogP) is 0.460. The number of aliphatic hydroxyl groups excluding tert-OH is 1. The number of amides is 1. The lowest BCUT2D eigenvalue weighted by molar-refractivity contribution is 0.0302. The summed E-state index contributed by atoms with van der Waals surface area (Å²) in [6.45, 7) is 0. The van der Waals surface area contributed by atoms with E-state index in [9.17, 15) is 9.90 Å². The van der Waals surface area contributed by atoms with Crippen LogP contribution < -0.4 is 5.32 Å². The third-order valence-electron chi connectivity index (χ3n) is 2.13. The van der Waals surface area contributed by atoms with Crippen LogP contribution in [0.2, 0.25) is 0 Å². The second kappa shape index (κ2) is 2.74. The second-order valence-electron chi connectivity index (χ2n) is 2.98. The van der Waals surface area contributed by atoms with Crippen molar-refractivity contribution in [2.45, 2.75) is 6.35 Å². The molecule has 4 heteroatoms. The fourth-order valence-electron chi connectivity index (χ4n) is 1.33. The molecule has 0 saturated heterocycles. The van der Waals surface area contributed by atoms with E-state index in [0.717, 1.165) is 0 Å². The van der Waals surface area contributed by atoms with Crippen molar-refractivity contribution < 1.29 is 9.90 Å². The van der Waals surface area contributed by atoms with Crippen molar-refractivity contribution in [3.05, 3.63) is 29.8 Å². The summed E-state index contributed by atoms with van der Waals surface area (Å²) in [6, 6.07) is 7.11. The molecule has 1 atom stereocenters. The fourth-order valence-corrected chi connectivity index (χ4v) is 1.33. The molecule has 0 aliphatic carbocycles. The van der Waals surface area contributed by atoms with Gasteiger partial charge >= 0.3 is 0 Å². The molecule has 4 nitrogen and oxygen atoms in total. The van der Waals surface area contributed by atoms with Gasteiger partial charge in [-0.05, 0) is 12.1 Å². The van der Waals surface area contributed by atoms with Gasteiger partial charge in [-0.15, -0.1) is 0 Å². The summed E-state index contributed by atoms with van der Waals surface area (Å²) in [5.41, 5.74) is 1.27. The van der Waals surface area contributed by atoms with Crippen LogP contribution in [0, 0.1) is 0 Å². The molecule has 68 valence electrons. The number of rotatable bonds is 0. The van der Waals surface area contributed by atoms with Gasteiger partial charge in [-0.2, -0.15) is 0 Å². The van der Waals surface area contributed by atoms with Crippen molar-refractivity contribution >= 4 is 11.6 Å². The molecule has 0 spiro atoms. The molecule has 0 saturated carbocycles. The van der Waals surface area contributed by atoms with Gasteiger partial charge in [-0.1, -0.05) is 12.1 Å². The average molecular weight is 178 g/mol. The van der Waals surface area contributed by atoms with Gasteiger partial charge in [0.15, 0.2) is 0 Å². The number of carbonyl (C=O) groups excluding carboxylic acids is 1. The van der Waals surface area contributed by atoms with Crippen molar-refractivity contribution in [1.29, 1.82) is 0 Å². The van der Waals surface area contributed by atoms with E-state index in [-0.39, 0.29) is 5.91 Å². The number of aliphatic hydroxyl groups is 1. The number of carbonyl (C=O) groups is 1. The highest BCUT2D eigenvalue weighted by molar-refractivity contribution is 6.01. The Morgan fingerprint density at radius 1 is 1.46 bits per heavy atom. The Morgan fingerprint density at radius 2 is 2.15 bits per heavy atom. The largest absolute Gasteiger partial charge is 0.356 e. The molecule has 1 aromatic carbocycles. The van der Waals surface area contributed by atoms with E-state index in [0.29, 0.717) is 11.3 Å². The Balaban J connectivity index is 2.49. The molecule has 0 aromatic heterocycles. The van der Waals surface area contributed by atoms with Gasteiger partial charge in [0.2, 0.25) is 6.35 Å². The highest BCUT2D eigenvalue weighted by atomic mass is 16.3. The first-order chi connectivity index (χ1) is 6.20. The Kier molecular flexibility index (Phi) is 1.70. The maximum absolute atomic E-state index is 11.6. The van der Waals surface area contributed by atoms with Crippen molar-refractivity contribution in [2.24, 2.45) is 0 Å². The molecular weight excluding hydrogens is 168 g/mol. The number of hydrogen-bond acceptors (Lipinski definition) is 3. The van der Waals surface area contributed by atoms with Gasteiger partial charge < -0.3 is 10.4 Å². The predicted molar refractivity (Wildman–Crippen MR) is 48.2 cm³/mol. The minimum Gasteiger partial charge on any atom is -0.356 e. The van der Waals surface area contributed by atoms with E-state index < -0.39 is 6.35 Å². The first kappa shape index (κ1) is 8.07. The summed E-state index contributed by atoms with van der Waals surface area (Å²) in [7, 11) is 1.55. The molecule has 0 radical (unpaired) electrons. The molecular formula is C9H10N2O2. The molecule has 1 unspecified atom stereocenters. The van der Waals surface area contributed by atoms with Gasteiger partial charge in [-0.25, -0.2) is 0 Å². The Morgan fingerprint density at radius 3 is 2.92 bits per heavy atom. The van der Waals surface area contributed by atoms with Crippen molar-refractivity contribution in [1.82, 2.24) is 4.90 Å². The molecule has 2 rings (SSSR count). The van der Waals surface area contributed by atoms with Gasteiger partial charge in [-0.3, -0.25) is 9.69 Å². The molecule has 1 heterocycles. The van der Waals surface area contributed by atoms with E-state index in [1.807, 2.05) is 6.07 Å². The van der Waals surface area contributed by atoms with Crippen molar-refractivity contribution in [3.8, 4) is 0 Å². The lowest BCUT2D eigenvalue weighted by atomic mass is 10.1. The molecule has 2 N–H and O–H groups in total. The molecule has 0 bridgehead atoms. The smallest absolute Gasteiger partial charge is 0.259 e. The molecule has 1 aliphatic heterocycles. The highest BCUT2D eigenvalue weighted by Crippen LogP contribution is 2.22. The minimum atomic E-state index is -0.928. The van der Waals surface area contributed by atoms with Crippen LogP contribution in [0.5, 0.6) is 0 Å². The Labute approximate surface area is 75.8 Å². The molecule has 1 aromatic rings. The summed E-state index contributed by atoms with van der Waals surface area (Å²) in [6.07, 6.45) is -0.928.